The first-order valence-corrected chi connectivity index (χ1v) is 8.76. The average molecular weight is 285 g/mol. The van der Waals surface area contributed by atoms with E-state index in [2.05, 4.69) is 39.4 Å². The van der Waals surface area contributed by atoms with Crippen molar-refractivity contribution in [1.29, 1.82) is 0 Å². The van der Waals surface area contributed by atoms with E-state index in [4.69, 9.17) is 0 Å². The van der Waals surface area contributed by atoms with Gasteiger partial charge in [0.15, 0.2) is 0 Å². The van der Waals surface area contributed by atoms with Crippen LogP contribution in [0.4, 0.5) is 11.4 Å². The lowest BCUT2D eigenvalue weighted by Crippen LogP contribution is -2.33. The van der Waals surface area contributed by atoms with Crippen molar-refractivity contribution in [3.05, 3.63) is 24.3 Å². The third kappa shape index (κ3) is 2.76. The predicted molar refractivity (Wildman–Crippen MR) is 89.1 cm³/mol. The second-order valence-corrected chi connectivity index (χ2v) is 6.88. The van der Waals surface area contributed by atoms with Gasteiger partial charge < -0.3 is 10.2 Å². The third-order valence-electron chi connectivity index (χ3n) is 5.55. The molecule has 3 saturated heterocycles. The Bertz CT molecular complexity index is 464. The number of nitrogens with one attached hydrogen (secondary N) is 1. The molecule has 3 nitrogen and oxygen atoms in total. The fourth-order valence-corrected chi connectivity index (χ4v) is 4.39. The van der Waals surface area contributed by atoms with Gasteiger partial charge in [-0.15, -0.1) is 0 Å². The minimum absolute atomic E-state index is 0.660. The third-order valence-corrected chi connectivity index (χ3v) is 5.55. The first-order valence-electron chi connectivity index (χ1n) is 8.76. The van der Waals surface area contributed by atoms with Gasteiger partial charge in [-0.3, -0.25) is 4.90 Å². The Morgan fingerprint density at radius 1 is 0.810 bits per heavy atom. The minimum Gasteiger partial charge on any atom is -0.381 e. The zero-order valence-corrected chi connectivity index (χ0v) is 12.9. The lowest BCUT2D eigenvalue weighted by molar-refractivity contribution is 0.318. The molecule has 0 amide bonds. The normalized spacial score (nSPS) is 29.6. The van der Waals surface area contributed by atoms with Crippen molar-refractivity contribution < 1.29 is 0 Å². The number of nitrogens with zero attached hydrogens (tertiary/aromatic N) is 2. The Kier molecular flexibility index (Phi) is 3.76. The molecule has 21 heavy (non-hydrogen) atoms. The van der Waals surface area contributed by atoms with Gasteiger partial charge in [0.2, 0.25) is 0 Å². The summed E-state index contributed by atoms with van der Waals surface area (Å²) in [5.74, 6) is 0. The van der Waals surface area contributed by atoms with Crippen LogP contribution >= 0.6 is 0 Å². The Balaban J connectivity index is 1.39. The number of fused-ring (bicyclic) bond motifs is 1. The maximum Gasteiger partial charge on any atom is 0.0429 e. The fraction of sp³-hybridized carbons (Fsp3) is 0.667. The van der Waals surface area contributed by atoms with Crippen LogP contribution in [0.2, 0.25) is 0 Å². The molecule has 2 unspecified atom stereocenters. The molecule has 4 rings (SSSR count). The lowest BCUT2D eigenvalue weighted by atomic mass is 10.1. The summed E-state index contributed by atoms with van der Waals surface area (Å²) in [4.78, 5) is 5.20. The van der Waals surface area contributed by atoms with Crippen LogP contribution in [0.1, 0.15) is 38.5 Å². The molecule has 3 fully saturated rings. The molecular weight excluding hydrogens is 258 g/mol. The maximum atomic E-state index is 3.78. The standard InChI is InChI=1S/C18H27N3/c1-2-11-20(12-3-1)16-8-6-15(7-9-16)19-17-10-14-21-13-4-5-18(17)21/h6-9,17-19H,1-5,10-14H2. The Morgan fingerprint density at radius 2 is 1.62 bits per heavy atom. The molecule has 0 spiro atoms. The molecule has 114 valence electrons. The molecule has 1 aromatic rings. The van der Waals surface area contributed by atoms with Crippen LogP contribution in [0.15, 0.2) is 24.3 Å². The monoisotopic (exact) mass is 285 g/mol. The molecule has 0 radical (unpaired) electrons. The molecule has 0 aromatic heterocycles. The molecular formula is C18H27N3. The number of anilines is 2. The number of rotatable bonds is 3. The van der Waals surface area contributed by atoms with Crippen molar-refractivity contribution in [2.24, 2.45) is 0 Å². The van der Waals surface area contributed by atoms with E-state index in [9.17, 15) is 0 Å². The van der Waals surface area contributed by atoms with Gasteiger partial charge >= 0.3 is 0 Å². The van der Waals surface area contributed by atoms with Crippen molar-refractivity contribution in [1.82, 2.24) is 4.90 Å². The molecule has 0 saturated carbocycles. The summed E-state index contributed by atoms with van der Waals surface area (Å²) < 4.78 is 0. The molecule has 1 aromatic carbocycles. The van der Waals surface area contributed by atoms with E-state index in [1.807, 2.05) is 0 Å². The molecule has 0 bridgehead atoms. The summed E-state index contributed by atoms with van der Waals surface area (Å²) in [6.45, 7) is 5.06. The van der Waals surface area contributed by atoms with Crippen LogP contribution in [0.3, 0.4) is 0 Å². The number of benzene rings is 1. The first kappa shape index (κ1) is 13.4. The summed E-state index contributed by atoms with van der Waals surface area (Å²) in [5.41, 5.74) is 2.70. The molecule has 1 N–H and O–H groups in total. The number of hydrogen-bond donors (Lipinski definition) is 1. The van der Waals surface area contributed by atoms with Crippen LogP contribution in [0, 0.1) is 0 Å². The Hall–Kier alpha value is -1.22. The highest BCUT2D eigenvalue weighted by molar-refractivity contribution is 5.55. The van der Waals surface area contributed by atoms with Crippen LogP contribution in [-0.2, 0) is 0 Å². The Labute approximate surface area is 128 Å². The SMILES string of the molecule is c1cc(N2CCCCC2)ccc1NC1CCN2CCCC12. The summed E-state index contributed by atoms with van der Waals surface area (Å²) in [6.07, 6.45) is 8.16. The smallest absolute Gasteiger partial charge is 0.0429 e. The van der Waals surface area contributed by atoms with E-state index >= 15 is 0 Å². The van der Waals surface area contributed by atoms with Crippen molar-refractivity contribution in [3.8, 4) is 0 Å². The molecule has 3 heterocycles. The van der Waals surface area contributed by atoms with Crippen molar-refractivity contribution in [2.45, 2.75) is 50.6 Å². The number of piperidine rings is 1. The van der Waals surface area contributed by atoms with Crippen molar-refractivity contribution in [3.63, 3.8) is 0 Å². The summed E-state index contributed by atoms with van der Waals surface area (Å²) in [5, 5.41) is 3.78. The van der Waals surface area contributed by atoms with Crippen molar-refractivity contribution >= 4 is 11.4 Å². The van der Waals surface area contributed by atoms with Crippen LogP contribution in [0.25, 0.3) is 0 Å². The molecule has 0 aliphatic carbocycles. The van der Waals surface area contributed by atoms with E-state index in [1.54, 1.807) is 0 Å². The summed E-state index contributed by atoms with van der Waals surface area (Å²) in [6, 6.07) is 10.6. The zero-order chi connectivity index (χ0) is 14.1. The van der Waals surface area contributed by atoms with Gasteiger partial charge in [0.05, 0.1) is 0 Å². The minimum atomic E-state index is 0.660. The predicted octanol–water partition coefficient (Wildman–Crippen LogP) is 3.33. The average Bonchev–Trinajstić information content (AvgIpc) is 3.14. The quantitative estimate of drug-likeness (QED) is 0.919. The molecule has 3 aliphatic heterocycles. The van der Waals surface area contributed by atoms with Gasteiger partial charge in [0.1, 0.15) is 0 Å². The zero-order valence-electron chi connectivity index (χ0n) is 12.9. The van der Waals surface area contributed by atoms with Gasteiger partial charge in [0.25, 0.3) is 0 Å². The van der Waals surface area contributed by atoms with E-state index in [-0.39, 0.29) is 0 Å². The maximum absolute atomic E-state index is 3.78. The molecule has 3 heteroatoms. The highest BCUT2D eigenvalue weighted by atomic mass is 15.2. The topological polar surface area (TPSA) is 18.5 Å². The highest BCUT2D eigenvalue weighted by Crippen LogP contribution is 2.30. The fourth-order valence-electron chi connectivity index (χ4n) is 4.39. The first-order chi connectivity index (χ1) is 10.4. The highest BCUT2D eigenvalue weighted by Gasteiger charge is 2.36. The van der Waals surface area contributed by atoms with Crippen LogP contribution in [0.5, 0.6) is 0 Å². The van der Waals surface area contributed by atoms with Crippen LogP contribution in [-0.4, -0.2) is 43.2 Å². The van der Waals surface area contributed by atoms with E-state index in [0.717, 1.165) is 6.04 Å². The summed E-state index contributed by atoms with van der Waals surface area (Å²) >= 11 is 0. The largest absolute Gasteiger partial charge is 0.381 e. The number of hydrogen-bond acceptors (Lipinski definition) is 3. The second-order valence-electron chi connectivity index (χ2n) is 6.88. The van der Waals surface area contributed by atoms with E-state index < -0.39 is 0 Å². The Morgan fingerprint density at radius 3 is 2.43 bits per heavy atom. The molecule has 2 atom stereocenters. The van der Waals surface area contributed by atoms with Gasteiger partial charge in [-0.25, -0.2) is 0 Å². The van der Waals surface area contributed by atoms with Gasteiger partial charge in [-0.2, -0.15) is 0 Å². The van der Waals surface area contributed by atoms with Gasteiger partial charge in [0, 0.05) is 43.1 Å². The lowest BCUT2D eigenvalue weighted by Gasteiger charge is -2.29. The molecule has 3 aliphatic rings. The van der Waals surface area contributed by atoms with Crippen molar-refractivity contribution in [2.75, 3.05) is 36.4 Å². The second kappa shape index (κ2) is 5.88. The van der Waals surface area contributed by atoms with E-state index in [1.165, 1.54) is 76.1 Å². The van der Waals surface area contributed by atoms with Gasteiger partial charge in [-0.1, -0.05) is 0 Å². The van der Waals surface area contributed by atoms with Gasteiger partial charge in [-0.05, 0) is 69.3 Å². The van der Waals surface area contributed by atoms with E-state index in [0.29, 0.717) is 6.04 Å². The van der Waals surface area contributed by atoms with Crippen LogP contribution < -0.4 is 10.2 Å². The summed E-state index contributed by atoms with van der Waals surface area (Å²) in [7, 11) is 0.